The molecule has 0 aromatic heterocycles. The Morgan fingerprint density at radius 2 is 2.44 bits per heavy atom. The quantitative estimate of drug-likeness (QED) is 0.771. The molecule has 2 aliphatic rings. The van der Waals surface area contributed by atoms with Crippen LogP contribution in [0.4, 0.5) is 0 Å². The molecule has 2 rings (SSSR count). The zero-order valence-corrected chi connectivity index (χ0v) is 11.9. The Labute approximate surface area is 113 Å². The highest BCUT2D eigenvalue weighted by Crippen LogP contribution is 2.28. The summed E-state index contributed by atoms with van der Waals surface area (Å²) in [6.07, 6.45) is 4.45. The van der Waals surface area contributed by atoms with Gasteiger partial charge in [-0.05, 0) is 38.4 Å². The van der Waals surface area contributed by atoms with Gasteiger partial charge in [-0.1, -0.05) is 0 Å². The smallest absolute Gasteiger partial charge is 0.327 e. The molecule has 2 unspecified atom stereocenters. The van der Waals surface area contributed by atoms with E-state index in [2.05, 4.69) is 5.32 Å². The molecule has 2 saturated heterocycles. The number of esters is 1. The molecule has 2 fully saturated rings. The molecule has 1 N–H and O–H groups in total. The number of thioether (sulfide) groups is 1. The average Bonchev–Trinajstić information content (AvgIpc) is 2.91. The normalized spacial score (nSPS) is 32.4. The van der Waals surface area contributed by atoms with Crippen molar-refractivity contribution >= 4 is 17.7 Å². The lowest BCUT2D eigenvalue weighted by molar-refractivity contribution is -0.150. The van der Waals surface area contributed by atoms with E-state index in [0.29, 0.717) is 6.61 Å². The first-order chi connectivity index (χ1) is 8.77. The second kappa shape index (κ2) is 6.78. The summed E-state index contributed by atoms with van der Waals surface area (Å²) in [5.74, 6) is 1.87. The summed E-state index contributed by atoms with van der Waals surface area (Å²) in [5, 5.41) is 3.44. The van der Waals surface area contributed by atoms with Crippen LogP contribution in [-0.2, 0) is 14.3 Å². The number of hydrogen-bond donors (Lipinski definition) is 1. The van der Waals surface area contributed by atoms with E-state index in [-0.39, 0.29) is 12.1 Å². The molecule has 0 spiro atoms. The second-order valence-corrected chi connectivity index (χ2v) is 6.08. The first kappa shape index (κ1) is 14.2. The second-order valence-electron chi connectivity index (χ2n) is 4.97. The molecule has 2 atom stereocenters. The minimum Gasteiger partial charge on any atom is -0.465 e. The van der Waals surface area contributed by atoms with Gasteiger partial charge in [-0.15, -0.1) is 0 Å². The summed E-state index contributed by atoms with van der Waals surface area (Å²) in [7, 11) is 0. The highest BCUT2D eigenvalue weighted by molar-refractivity contribution is 7.99. The lowest BCUT2D eigenvalue weighted by Gasteiger charge is -2.36. The van der Waals surface area contributed by atoms with Crippen LogP contribution in [0.25, 0.3) is 0 Å². The fourth-order valence-corrected chi connectivity index (χ4v) is 3.76. The predicted molar refractivity (Wildman–Crippen MR) is 72.9 cm³/mol. The number of carbonyl (C=O) groups is 1. The highest BCUT2D eigenvalue weighted by Gasteiger charge is 2.41. The van der Waals surface area contributed by atoms with Gasteiger partial charge < -0.3 is 9.47 Å². The van der Waals surface area contributed by atoms with Gasteiger partial charge in [0.25, 0.3) is 0 Å². The van der Waals surface area contributed by atoms with E-state index in [1.807, 2.05) is 18.7 Å². The van der Waals surface area contributed by atoms with E-state index in [9.17, 15) is 4.79 Å². The van der Waals surface area contributed by atoms with Gasteiger partial charge in [0.15, 0.2) is 0 Å². The van der Waals surface area contributed by atoms with E-state index < -0.39 is 5.54 Å². The van der Waals surface area contributed by atoms with Crippen molar-refractivity contribution in [1.29, 1.82) is 0 Å². The summed E-state index contributed by atoms with van der Waals surface area (Å²) >= 11 is 1.83. The van der Waals surface area contributed by atoms with Crippen LogP contribution in [0.15, 0.2) is 0 Å². The van der Waals surface area contributed by atoms with Gasteiger partial charge in [-0.25, -0.2) is 0 Å². The van der Waals surface area contributed by atoms with Crippen molar-refractivity contribution in [2.24, 2.45) is 0 Å². The molecule has 18 heavy (non-hydrogen) atoms. The number of carbonyl (C=O) groups excluding carboxylic acids is 1. The van der Waals surface area contributed by atoms with Crippen LogP contribution in [-0.4, -0.2) is 48.9 Å². The third kappa shape index (κ3) is 3.39. The molecular weight excluding hydrogens is 250 g/mol. The Balaban J connectivity index is 1.92. The highest BCUT2D eigenvalue weighted by atomic mass is 32.2. The standard InChI is InChI=1S/C13H23NO3S/c1-2-16-12(15)13(6-4-8-18-10-13)14-9-11-5-3-7-17-11/h11,14H,2-10H2,1H3. The van der Waals surface area contributed by atoms with Gasteiger partial charge in [0.2, 0.25) is 0 Å². The van der Waals surface area contributed by atoms with Gasteiger partial charge in [0, 0.05) is 18.9 Å². The topological polar surface area (TPSA) is 47.6 Å². The van der Waals surface area contributed by atoms with E-state index in [4.69, 9.17) is 9.47 Å². The van der Waals surface area contributed by atoms with Crippen molar-refractivity contribution in [2.45, 2.75) is 44.2 Å². The van der Waals surface area contributed by atoms with Crippen molar-refractivity contribution in [2.75, 3.05) is 31.3 Å². The molecule has 4 nitrogen and oxygen atoms in total. The van der Waals surface area contributed by atoms with Gasteiger partial charge in [0.05, 0.1) is 12.7 Å². The lowest BCUT2D eigenvalue weighted by atomic mass is 9.95. The molecule has 104 valence electrons. The van der Waals surface area contributed by atoms with Crippen LogP contribution in [0, 0.1) is 0 Å². The summed E-state index contributed by atoms with van der Waals surface area (Å²) in [5.41, 5.74) is -0.481. The predicted octanol–water partition coefficient (Wildman–Crippen LogP) is 1.58. The Morgan fingerprint density at radius 3 is 3.06 bits per heavy atom. The Kier molecular flexibility index (Phi) is 5.33. The first-order valence-electron chi connectivity index (χ1n) is 6.88. The Morgan fingerprint density at radius 1 is 1.56 bits per heavy atom. The van der Waals surface area contributed by atoms with Crippen LogP contribution < -0.4 is 5.32 Å². The molecule has 2 heterocycles. The minimum atomic E-state index is -0.481. The van der Waals surface area contributed by atoms with Crippen molar-refractivity contribution in [3.63, 3.8) is 0 Å². The van der Waals surface area contributed by atoms with Crippen LogP contribution in [0.2, 0.25) is 0 Å². The van der Waals surface area contributed by atoms with E-state index in [0.717, 1.165) is 50.3 Å². The molecule has 0 aromatic carbocycles. The summed E-state index contributed by atoms with van der Waals surface area (Å²) in [6, 6.07) is 0. The van der Waals surface area contributed by atoms with E-state index >= 15 is 0 Å². The fourth-order valence-electron chi connectivity index (χ4n) is 2.55. The SMILES string of the molecule is CCOC(=O)C1(NCC2CCCO2)CCCSC1. The zero-order valence-electron chi connectivity index (χ0n) is 11.1. The van der Waals surface area contributed by atoms with Gasteiger partial charge in [-0.3, -0.25) is 10.1 Å². The number of nitrogens with one attached hydrogen (secondary N) is 1. The van der Waals surface area contributed by atoms with Crippen molar-refractivity contribution in [3.8, 4) is 0 Å². The molecule has 0 aliphatic carbocycles. The largest absolute Gasteiger partial charge is 0.465 e. The molecule has 0 bridgehead atoms. The Hall–Kier alpha value is -0.260. The van der Waals surface area contributed by atoms with Gasteiger partial charge >= 0.3 is 5.97 Å². The molecule has 0 radical (unpaired) electrons. The fraction of sp³-hybridized carbons (Fsp3) is 0.923. The Bertz CT molecular complexity index is 273. The molecule has 2 aliphatic heterocycles. The van der Waals surface area contributed by atoms with Crippen LogP contribution in [0.5, 0.6) is 0 Å². The number of rotatable bonds is 5. The maximum Gasteiger partial charge on any atom is 0.327 e. The van der Waals surface area contributed by atoms with E-state index in [1.54, 1.807) is 0 Å². The minimum absolute atomic E-state index is 0.0878. The molecule has 5 heteroatoms. The third-order valence-electron chi connectivity index (χ3n) is 3.60. The van der Waals surface area contributed by atoms with Crippen molar-refractivity contribution < 1.29 is 14.3 Å². The zero-order chi connectivity index (χ0) is 12.8. The summed E-state index contributed by atoms with van der Waals surface area (Å²) < 4.78 is 10.9. The van der Waals surface area contributed by atoms with E-state index in [1.165, 1.54) is 0 Å². The summed E-state index contributed by atoms with van der Waals surface area (Å²) in [4.78, 5) is 12.2. The number of hydrogen-bond acceptors (Lipinski definition) is 5. The molecule has 0 saturated carbocycles. The first-order valence-corrected chi connectivity index (χ1v) is 8.04. The third-order valence-corrected chi connectivity index (χ3v) is 4.87. The van der Waals surface area contributed by atoms with Crippen molar-refractivity contribution in [1.82, 2.24) is 5.32 Å². The monoisotopic (exact) mass is 273 g/mol. The maximum absolute atomic E-state index is 12.2. The molecule has 0 aromatic rings. The van der Waals surface area contributed by atoms with Crippen LogP contribution in [0.3, 0.4) is 0 Å². The molecular formula is C13H23NO3S. The van der Waals surface area contributed by atoms with Crippen LogP contribution in [0.1, 0.15) is 32.6 Å². The summed E-state index contributed by atoms with van der Waals surface area (Å²) in [6.45, 7) is 3.93. The maximum atomic E-state index is 12.2. The number of ether oxygens (including phenoxy) is 2. The van der Waals surface area contributed by atoms with Gasteiger partial charge in [0.1, 0.15) is 5.54 Å². The van der Waals surface area contributed by atoms with Gasteiger partial charge in [-0.2, -0.15) is 11.8 Å². The van der Waals surface area contributed by atoms with Crippen LogP contribution >= 0.6 is 11.8 Å². The lowest BCUT2D eigenvalue weighted by Crippen LogP contribution is -2.58. The molecule has 0 amide bonds. The van der Waals surface area contributed by atoms with Crippen molar-refractivity contribution in [3.05, 3.63) is 0 Å². The average molecular weight is 273 g/mol.